The van der Waals surface area contributed by atoms with Crippen LogP contribution in [0.1, 0.15) is 42.3 Å². The van der Waals surface area contributed by atoms with Gasteiger partial charge in [0.1, 0.15) is 0 Å². The highest BCUT2D eigenvalue weighted by molar-refractivity contribution is 5.96. The molecule has 0 bridgehead atoms. The molecule has 76 valence electrons. The van der Waals surface area contributed by atoms with Gasteiger partial charge in [-0.1, -0.05) is 13.8 Å². The van der Waals surface area contributed by atoms with Crippen molar-refractivity contribution in [3.63, 3.8) is 0 Å². The highest BCUT2D eigenvalue weighted by atomic mass is 16.1. The molecule has 1 aromatic carbocycles. The molecule has 0 saturated carbocycles. The van der Waals surface area contributed by atoms with E-state index in [1.54, 1.807) is 6.92 Å². The molecule has 0 saturated heterocycles. The Morgan fingerprint density at radius 1 is 1.21 bits per heavy atom. The van der Waals surface area contributed by atoms with E-state index in [0.29, 0.717) is 0 Å². The number of aryl methyl sites for hydroxylation is 2. The molecule has 0 radical (unpaired) electrons. The molecule has 0 unspecified atom stereocenters. The Morgan fingerprint density at radius 2 is 1.79 bits per heavy atom. The minimum absolute atomic E-state index is 0.122. The van der Waals surface area contributed by atoms with Gasteiger partial charge < -0.3 is 5.73 Å². The van der Waals surface area contributed by atoms with Crippen molar-refractivity contribution in [1.29, 1.82) is 0 Å². The molecule has 2 nitrogen and oxygen atoms in total. The predicted octanol–water partition coefficient (Wildman–Crippen LogP) is 2.60. The van der Waals surface area contributed by atoms with E-state index in [0.717, 1.165) is 35.2 Å². The summed E-state index contributed by atoms with van der Waals surface area (Å²) in [6.45, 7) is 5.68. The van der Waals surface area contributed by atoms with E-state index in [9.17, 15) is 4.79 Å². The first kappa shape index (κ1) is 10.8. The van der Waals surface area contributed by atoms with Crippen molar-refractivity contribution in [2.45, 2.75) is 33.6 Å². The molecule has 2 N–H and O–H groups in total. The highest BCUT2D eigenvalue weighted by Gasteiger charge is 2.09. The third kappa shape index (κ3) is 1.95. The number of hydrogen-bond acceptors (Lipinski definition) is 2. The summed E-state index contributed by atoms with van der Waals surface area (Å²) in [6.07, 6.45) is 1.72. The quantitative estimate of drug-likeness (QED) is 0.589. The molecule has 2 heteroatoms. The Balaban J connectivity index is 3.32. The van der Waals surface area contributed by atoms with Crippen LogP contribution in [0.2, 0.25) is 0 Å². The van der Waals surface area contributed by atoms with Crippen molar-refractivity contribution in [2.24, 2.45) is 0 Å². The van der Waals surface area contributed by atoms with Gasteiger partial charge in [0.15, 0.2) is 5.78 Å². The third-order valence-electron chi connectivity index (χ3n) is 2.51. The fourth-order valence-electron chi connectivity index (χ4n) is 1.63. The zero-order valence-corrected chi connectivity index (χ0v) is 9.05. The van der Waals surface area contributed by atoms with E-state index in [4.69, 9.17) is 5.73 Å². The maximum Gasteiger partial charge on any atom is 0.160 e. The fraction of sp³-hybridized carbons (Fsp3) is 0.417. The van der Waals surface area contributed by atoms with Crippen molar-refractivity contribution in [1.82, 2.24) is 0 Å². The number of rotatable bonds is 3. The summed E-state index contributed by atoms with van der Waals surface area (Å²) in [5.41, 5.74) is 9.59. The number of carbonyl (C=O) groups excluding carboxylic acids is 1. The largest absolute Gasteiger partial charge is 0.398 e. The van der Waals surface area contributed by atoms with Gasteiger partial charge >= 0.3 is 0 Å². The predicted molar refractivity (Wildman–Crippen MR) is 59.6 cm³/mol. The Hall–Kier alpha value is -1.31. The summed E-state index contributed by atoms with van der Waals surface area (Å²) in [5, 5.41) is 0. The minimum Gasteiger partial charge on any atom is -0.398 e. The molecule has 0 atom stereocenters. The van der Waals surface area contributed by atoms with E-state index in [1.807, 2.05) is 26.0 Å². The van der Waals surface area contributed by atoms with E-state index in [-0.39, 0.29) is 5.78 Å². The summed E-state index contributed by atoms with van der Waals surface area (Å²) >= 11 is 0. The number of Topliss-reactive ketones (excluding diaryl/α,β-unsaturated/α-hetero) is 1. The van der Waals surface area contributed by atoms with Crippen LogP contribution < -0.4 is 5.73 Å². The summed E-state index contributed by atoms with van der Waals surface area (Å²) in [4.78, 5) is 11.4. The average molecular weight is 191 g/mol. The SMILES string of the molecule is CCc1cc(C(C)=O)c(CC)cc1N. The Bertz CT molecular complexity index is 356. The molecule has 0 aromatic heterocycles. The Kier molecular flexibility index (Phi) is 3.28. The van der Waals surface area contributed by atoms with Crippen LogP contribution in [0.4, 0.5) is 5.69 Å². The molecule has 0 aliphatic carbocycles. The van der Waals surface area contributed by atoms with Crippen LogP contribution in [0, 0.1) is 0 Å². The van der Waals surface area contributed by atoms with Crippen LogP contribution in [0.15, 0.2) is 12.1 Å². The number of anilines is 1. The van der Waals surface area contributed by atoms with Crippen molar-refractivity contribution >= 4 is 11.5 Å². The van der Waals surface area contributed by atoms with E-state index in [2.05, 4.69) is 0 Å². The Labute approximate surface area is 85.1 Å². The van der Waals surface area contributed by atoms with Crippen LogP contribution >= 0.6 is 0 Å². The van der Waals surface area contributed by atoms with Crippen LogP contribution in [-0.4, -0.2) is 5.78 Å². The van der Waals surface area contributed by atoms with Gasteiger partial charge in [-0.15, -0.1) is 0 Å². The topological polar surface area (TPSA) is 43.1 Å². The normalized spacial score (nSPS) is 10.2. The molecule has 0 spiro atoms. The molecule has 0 heterocycles. The summed E-state index contributed by atoms with van der Waals surface area (Å²) < 4.78 is 0. The molecule has 0 amide bonds. The lowest BCUT2D eigenvalue weighted by atomic mass is 9.97. The van der Waals surface area contributed by atoms with E-state index >= 15 is 0 Å². The van der Waals surface area contributed by atoms with Gasteiger partial charge in [-0.05, 0) is 43.0 Å². The lowest BCUT2D eigenvalue weighted by molar-refractivity contribution is 0.101. The molecule has 0 aliphatic heterocycles. The van der Waals surface area contributed by atoms with Crippen LogP contribution in [-0.2, 0) is 12.8 Å². The lowest BCUT2D eigenvalue weighted by Crippen LogP contribution is -2.03. The number of ketones is 1. The number of hydrogen-bond donors (Lipinski definition) is 1. The summed E-state index contributed by atoms with van der Waals surface area (Å²) in [7, 11) is 0. The Morgan fingerprint density at radius 3 is 2.21 bits per heavy atom. The minimum atomic E-state index is 0.122. The van der Waals surface area contributed by atoms with E-state index < -0.39 is 0 Å². The number of nitrogen functional groups attached to an aromatic ring is 1. The van der Waals surface area contributed by atoms with Crippen LogP contribution in [0.25, 0.3) is 0 Å². The van der Waals surface area contributed by atoms with Gasteiger partial charge in [0.2, 0.25) is 0 Å². The fourth-order valence-corrected chi connectivity index (χ4v) is 1.63. The summed E-state index contributed by atoms with van der Waals surface area (Å²) in [5.74, 6) is 0.122. The molecule has 14 heavy (non-hydrogen) atoms. The first-order valence-corrected chi connectivity index (χ1v) is 5.02. The van der Waals surface area contributed by atoms with Gasteiger partial charge in [0, 0.05) is 11.3 Å². The molecular formula is C12H17NO. The standard InChI is InChI=1S/C12H17NO/c1-4-9-7-12(13)10(5-2)6-11(9)8(3)14/h6-7H,4-5,13H2,1-3H3. The third-order valence-corrected chi connectivity index (χ3v) is 2.51. The maximum absolute atomic E-state index is 11.4. The molecule has 0 fully saturated rings. The van der Waals surface area contributed by atoms with Gasteiger partial charge in [0.05, 0.1) is 0 Å². The zero-order chi connectivity index (χ0) is 10.7. The maximum atomic E-state index is 11.4. The average Bonchev–Trinajstić information content (AvgIpc) is 2.16. The second-order valence-electron chi connectivity index (χ2n) is 3.47. The molecule has 1 aromatic rings. The molecule has 0 aliphatic rings. The van der Waals surface area contributed by atoms with Crippen molar-refractivity contribution in [2.75, 3.05) is 5.73 Å². The monoisotopic (exact) mass is 191 g/mol. The van der Waals surface area contributed by atoms with Crippen LogP contribution in [0.3, 0.4) is 0 Å². The number of nitrogens with two attached hydrogens (primary N) is 1. The van der Waals surface area contributed by atoms with Crippen molar-refractivity contribution in [3.05, 3.63) is 28.8 Å². The first-order chi connectivity index (χ1) is 6.60. The lowest BCUT2D eigenvalue weighted by Gasteiger charge is -2.10. The van der Waals surface area contributed by atoms with Crippen LogP contribution in [0.5, 0.6) is 0 Å². The second kappa shape index (κ2) is 4.27. The van der Waals surface area contributed by atoms with Gasteiger partial charge in [-0.2, -0.15) is 0 Å². The number of benzene rings is 1. The van der Waals surface area contributed by atoms with Gasteiger partial charge in [-0.25, -0.2) is 0 Å². The molecular weight excluding hydrogens is 174 g/mol. The van der Waals surface area contributed by atoms with E-state index in [1.165, 1.54) is 0 Å². The van der Waals surface area contributed by atoms with Gasteiger partial charge in [-0.3, -0.25) is 4.79 Å². The van der Waals surface area contributed by atoms with Gasteiger partial charge in [0.25, 0.3) is 0 Å². The second-order valence-corrected chi connectivity index (χ2v) is 3.47. The zero-order valence-electron chi connectivity index (χ0n) is 9.05. The summed E-state index contributed by atoms with van der Waals surface area (Å²) in [6, 6.07) is 3.85. The first-order valence-electron chi connectivity index (χ1n) is 5.02. The van der Waals surface area contributed by atoms with Crippen molar-refractivity contribution < 1.29 is 4.79 Å². The molecule has 1 rings (SSSR count). The highest BCUT2D eigenvalue weighted by Crippen LogP contribution is 2.20. The van der Waals surface area contributed by atoms with Crippen molar-refractivity contribution in [3.8, 4) is 0 Å². The smallest absolute Gasteiger partial charge is 0.160 e. The number of carbonyl (C=O) groups is 1.